The number of ether oxygens (including phenoxy) is 1. The van der Waals surface area contributed by atoms with Gasteiger partial charge in [0.15, 0.2) is 0 Å². The lowest BCUT2D eigenvalue weighted by Gasteiger charge is -2.16. The molecule has 1 N–H and O–H groups in total. The van der Waals surface area contributed by atoms with Crippen LogP contribution in [0.25, 0.3) is 16.9 Å². The fourth-order valence-electron chi connectivity index (χ4n) is 3.05. The summed E-state index contributed by atoms with van der Waals surface area (Å²) >= 11 is 0. The van der Waals surface area contributed by atoms with Gasteiger partial charge in [0, 0.05) is 25.4 Å². The van der Waals surface area contributed by atoms with E-state index in [2.05, 4.69) is 10.4 Å². The Morgan fingerprint density at radius 1 is 1.19 bits per heavy atom. The molecule has 0 saturated heterocycles. The summed E-state index contributed by atoms with van der Waals surface area (Å²) in [7, 11) is 3.13. The average molecular weight is 424 g/mol. The molecule has 3 rings (SSSR count). The highest BCUT2D eigenvalue weighted by Crippen LogP contribution is 2.27. The molecule has 0 aliphatic rings. The molecule has 2 amide bonds. The van der Waals surface area contributed by atoms with Gasteiger partial charge >= 0.3 is 0 Å². The van der Waals surface area contributed by atoms with Gasteiger partial charge in [-0.25, -0.2) is 9.07 Å². The molecule has 1 aromatic heterocycles. The summed E-state index contributed by atoms with van der Waals surface area (Å²) in [5, 5.41) is 7.34. The number of likely N-dealkylation sites (N-methyl/N-ethyl adjacent to an activating group) is 1. The third-order valence-corrected chi connectivity index (χ3v) is 4.68. The molecule has 0 fully saturated rings. The van der Waals surface area contributed by atoms with Crippen LogP contribution >= 0.6 is 0 Å². The molecule has 0 spiro atoms. The van der Waals surface area contributed by atoms with E-state index in [1.54, 1.807) is 50.7 Å². The zero-order valence-corrected chi connectivity index (χ0v) is 17.8. The topological polar surface area (TPSA) is 76.5 Å². The average Bonchev–Trinajstić information content (AvgIpc) is 3.23. The van der Waals surface area contributed by atoms with Crippen molar-refractivity contribution in [3.05, 3.63) is 66.1 Å². The number of hydrogen-bond donors (Lipinski definition) is 1. The normalized spacial score (nSPS) is 10.6. The molecule has 2 aromatic carbocycles. The van der Waals surface area contributed by atoms with Gasteiger partial charge in [-0.3, -0.25) is 9.59 Å². The fraction of sp³-hybridized carbons (Fsp3) is 0.261. The van der Waals surface area contributed by atoms with Gasteiger partial charge in [0.05, 0.1) is 24.9 Å². The minimum Gasteiger partial charge on any atom is -0.497 e. The molecule has 0 unspecified atom stereocenters. The van der Waals surface area contributed by atoms with Crippen LogP contribution < -0.4 is 10.1 Å². The van der Waals surface area contributed by atoms with Crippen LogP contribution in [0.1, 0.15) is 23.7 Å². The SMILES string of the molecule is CCCNC(=O)CN(C)C(=O)c1cn(-c2ccc(F)cc2)nc1-c1cccc(OC)c1. The lowest BCUT2D eigenvalue weighted by Crippen LogP contribution is -2.38. The number of rotatable bonds is 8. The second kappa shape index (κ2) is 9.88. The van der Waals surface area contributed by atoms with E-state index in [1.807, 2.05) is 13.0 Å². The van der Waals surface area contributed by atoms with Gasteiger partial charge in [-0.1, -0.05) is 19.1 Å². The molecule has 0 saturated carbocycles. The van der Waals surface area contributed by atoms with Crippen molar-refractivity contribution < 1.29 is 18.7 Å². The van der Waals surface area contributed by atoms with E-state index in [0.717, 1.165) is 6.42 Å². The molecule has 0 aliphatic heterocycles. The highest BCUT2D eigenvalue weighted by molar-refractivity contribution is 6.01. The van der Waals surface area contributed by atoms with Gasteiger partial charge in [0.25, 0.3) is 5.91 Å². The summed E-state index contributed by atoms with van der Waals surface area (Å²) in [6.07, 6.45) is 2.40. The maximum absolute atomic E-state index is 13.3. The molecule has 0 atom stereocenters. The van der Waals surface area contributed by atoms with E-state index in [1.165, 1.54) is 21.7 Å². The molecule has 0 bridgehead atoms. The number of benzene rings is 2. The van der Waals surface area contributed by atoms with E-state index in [0.29, 0.717) is 34.8 Å². The number of nitrogens with one attached hydrogen (secondary N) is 1. The highest BCUT2D eigenvalue weighted by atomic mass is 19.1. The Bertz CT molecular complexity index is 1060. The molecule has 162 valence electrons. The standard InChI is InChI=1S/C23H25FN4O3/c1-4-12-25-21(29)15-27(2)23(30)20-14-28(18-10-8-17(24)9-11-18)26-22(20)16-6-5-7-19(13-16)31-3/h5-11,13-14H,4,12,15H2,1-3H3,(H,25,29). The maximum Gasteiger partial charge on any atom is 0.257 e. The summed E-state index contributed by atoms with van der Waals surface area (Å²) in [5.74, 6) is -0.318. The van der Waals surface area contributed by atoms with Crippen LogP contribution in [0.3, 0.4) is 0 Å². The van der Waals surface area contributed by atoms with Crippen molar-refractivity contribution in [2.45, 2.75) is 13.3 Å². The smallest absolute Gasteiger partial charge is 0.257 e. The molecule has 7 nitrogen and oxygen atoms in total. The van der Waals surface area contributed by atoms with Gasteiger partial charge in [0.1, 0.15) is 17.3 Å². The van der Waals surface area contributed by atoms with Crippen LogP contribution in [0.5, 0.6) is 5.75 Å². The Hall–Kier alpha value is -3.68. The summed E-state index contributed by atoms with van der Waals surface area (Å²) in [6, 6.07) is 13.0. The number of nitrogens with zero attached hydrogens (tertiary/aromatic N) is 3. The number of methoxy groups -OCH3 is 1. The zero-order valence-electron chi connectivity index (χ0n) is 17.8. The minimum absolute atomic E-state index is 0.0713. The number of carbonyl (C=O) groups excluding carboxylic acids is 2. The number of halogens is 1. The van der Waals surface area contributed by atoms with E-state index in [-0.39, 0.29) is 24.2 Å². The molecule has 0 radical (unpaired) electrons. The van der Waals surface area contributed by atoms with Crippen LogP contribution in [-0.2, 0) is 4.79 Å². The van der Waals surface area contributed by atoms with Crippen molar-refractivity contribution in [2.75, 3.05) is 27.2 Å². The maximum atomic E-state index is 13.3. The number of carbonyl (C=O) groups is 2. The van der Waals surface area contributed by atoms with Crippen LogP contribution in [0.2, 0.25) is 0 Å². The molecule has 8 heteroatoms. The van der Waals surface area contributed by atoms with Gasteiger partial charge in [0.2, 0.25) is 5.91 Å². The first-order chi connectivity index (χ1) is 14.9. The van der Waals surface area contributed by atoms with Crippen LogP contribution in [0, 0.1) is 5.82 Å². The molecule has 3 aromatic rings. The molecular weight excluding hydrogens is 399 g/mol. The van der Waals surface area contributed by atoms with Crippen molar-refractivity contribution >= 4 is 11.8 Å². The first kappa shape index (κ1) is 22.0. The Kier molecular flexibility index (Phi) is 7.02. The quantitative estimate of drug-likeness (QED) is 0.602. The predicted octanol–water partition coefficient (Wildman–Crippen LogP) is 3.29. The zero-order chi connectivity index (χ0) is 22.4. The van der Waals surface area contributed by atoms with E-state index >= 15 is 0 Å². The number of aromatic nitrogens is 2. The number of amides is 2. The van der Waals surface area contributed by atoms with Crippen LogP contribution in [-0.4, -0.2) is 53.7 Å². The van der Waals surface area contributed by atoms with Crippen molar-refractivity contribution in [3.63, 3.8) is 0 Å². The van der Waals surface area contributed by atoms with Crippen molar-refractivity contribution in [3.8, 4) is 22.7 Å². The van der Waals surface area contributed by atoms with E-state index < -0.39 is 0 Å². The van der Waals surface area contributed by atoms with E-state index in [9.17, 15) is 14.0 Å². The first-order valence-corrected chi connectivity index (χ1v) is 9.95. The largest absolute Gasteiger partial charge is 0.497 e. The monoisotopic (exact) mass is 424 g/mol. The van der Waals surface area contributed by atoms with Crippen molar-refractivity contribution in [1.29, 1.82) is 0 Å². The summed E-state index contributed by atoms with van der Waals surface area (Å²) in [4.78, 5) is 26.6. The Labute approximate surface area is 180 Å². The second-order valence-electron chi connectivity index (χ2n) is 7.06. The molecular formula is C23H25FN4O3. The Morgan fingerprint density at radius 3 is 2.61 bits per heavy atom. The molecule has 0 aliphatic carbocycles. The minimum atomic E-state index is -0.363. The summed E-state index contributed by atoms with van der Waals surface area (Å²) < 4.78 is 20.2. The Balaban J connectivity index is 1.99. The third kappa shape index (κ3) is 5.28. The van der Waals surface area contributed by atoms with E-state index in [4.69, 9.17) is 4.74 Å². The predicted molar refractivity (Wildman–Crippen MR) is 116 cm³/mol. The fourth-order valence-corrected chi connectivity index (χ4v) is 3.05. The van der Waals surface area contributed by atoms with Crippen molar-refractivity contribution in [1.82, 2.24) is 20.0 Å². The molecule has 31 heavy (non-hydrogen) atoms. The summed E-state index contributed by atoms with van der Waals surface area (Å²) in [5.41, 5.74) is 2.05. The first-order valence-electron chi connectivity index (χ1n) is 9.95. The van der Waals surface area contributed by atoms with Gasteiger partial charge < -0.3 is 15.0 Å². The van der Waals surface area contributed by atoms with Gasteiger partial charge in [-0.2, -0.15) is 5.10 Å². The van der Waals surface area contributed by atoms with Crippen molar-refractivity contribution in [2.24, 2.45) is 0 Å². The van der Waals surface area contributed by atoms with Crippen LogP contribution in [0.4, 0.5) is 4.39 Å². The summed E-state index contributed by atoms with van der Waals surface area (Å²) in [6.45, 7) is 2.44. The van der Waals surface area contributed by atoms with Gasteiger partial charge in [-0.15, -0.1) is 0 Å². The third-order valence-electron chi connectivity index (χ3n) is 4.68. The highest BCUT2D eigenvalue weighted by Gasteiger charge is 2.23. The lowest BCUT2D eigenvalue weighted by atomic mass is 10.1. The number of hydrogen-bond acceptors (Lipinski definition) is 4. The lowest BCUT2D eigenvalue weighted by molar-refractivity contribution is -0.121. The van der Waals surface area contributed by atoms with Gasteiger partial charge in [-0.05, 0) is 42.8 Å². The Morgan fingerprint density at radius 2 is 1.94 bits per heavy atom. The second-order valence-corrected chi connectivity index (χ2v) is 7.06. The molecule has 1 heterocycles. The van der Waals surface area contributed by atoms with Crippen LogP contribution in [0.15, 0.2) is 54.7 Å².